The van der Waals surface area contributed by atoms with E-state index >= 15 is 0 Å². The van der Waals surface area contributed by atoms with E-state index in [0.717, 1.165) is 25.7 Å². The molecule has 0 rings (SSSR count). The number of nitrogens with one attached hydrogen (secondary N) is 1. The summed E-state index contributed by atoms with van der Waals surface area (Å²) in [7, 11) is 0. The van der Waals surface area contributed by atoms with Crippen LogP contribution < -0.4 is 5.32 Å². The largest absolute Gasteiger partial charge is 0.394 e. The number of carbonyl (C=O) groups excluding carboxylic acids is 1. The monoisotopic (exact) mass is 582 g/mol. The van der Waals surface area contributed by atoms with E-state index in [9.17, 15) is 15.0 Å². The molecule has 0 aliphatic carbocycles. The van der Waals surface area contributed by atoms with Crippen molar-refractivity contribution < 1.29 is 15.0 Å². The van der Waals surface area contributed by atoms with Gasteiger partial charge < -0.3 is 15.5 Å². The van der Waals surface area contributed by atoms with Crippen LogP contribution in [0.3, 0.4) is 0 Å². The summed E-state index contributed by atoms with van der Waals surface area (Å²) < 4.78 is 0. The summed E-state index contributed by atoms with van der Waals surface area (Å²) in [5, 5.41) is 22.9. The number of carbonyl (C=O) groups is 1. The highest BCUT2D eigenvalue weighted by atomic mass is 16.3. The van der Waals surface area contributed by atoms with E-state index in [-0.39, 0.29) is 12.5 Å². The Balaban J connectivity index is 3.43. The molecule has 0 heterocycles. The number of aliphatic hydroxyl groups excluding tert-OH is 2. The molecule has 246 valence electrons. The molecular formula is C37H75NO3. The second-order valence-corrected chi connectivity index (χ2v) is 13.0. The lowest BCUT2D eigenvalue weighted by molar-refractivity contribution is -0.123. The number of hydrogen-bond acceptors (Lipinski definition) is 3. The van der Waals surface area contributed by atoms with Crippen LogP contribution in [-0.4, -0.2) is 34.9 Å². The van der Waals surface area contributed by atoms with Crippen molar-refractivity contribution in [2.45, 2.75) is 225 Å². The Hall–Kier alpha value is -0.610. The minimum absolute atomic E-state index is 0.0307. The summed E-state index contributed by atoms with van der Waals surface area (Å²) in [5.74, 6) is -0.0307. The van der Waals surface area contributed by atoms with Crippen molar-refractivity contribution >= 4 is 5.91 Å². The Morgan fingerprint density at radius 1 is 0.488 bits per heavy atom. The lowest BCUT2D eigenvalue weighted by Gasteiger charge is -2.22. The fraction of sp³-hybridized carbons (Fsp3) is 0.973. The Morgan fingerprint density at radius 3 is 1.10 bits per heavy atom. The molecule has 1 amide bonds. The molecule has 0 spiro atoms. The molecule has 0 radical (unpaired) electrons. The molecule has 0 aromatic carbocycles. The van der Waals surface area contributed by atoms with Crippen LogP contribution in [0, 0.1) is 0 Å². The van der Waals surface area contributed by atoms with Crippen molar-refractivity contribution in [1.82, 2.24) is 5.32 Å². The zero-order chi connectivity index (χ0) is 30.1. The molecule has 2 atom stereocenters. The SMILES string of the molecule is CCCCCCCCCCCCCCCCCCCCCCCC(=O)NC(CO)C(O)CCCCCCCCCC. The summed E-state index contributed by atoms with van der Waals surface area (Å²) in [6.45, 7) is 4.34. The highest BCUT2D eigenvalue weighted by Gasteiger charge is 2.19. The van der Waals surface area contributed by atoms with Gasteiger partial charge in [-0.3, -0.25) is 4.79 Å². The highest BCUT2D eigenvalue weighted by molar-refractivity contribution is 5.76. The Bertz CT molecular complexity index is 512. The first-order chi connectivity index (χ1) is 20.2. The molecule has 0 aromatic heterocycles. The molecule has 4 heteroatoms. The van der Waals surface area contributed by atoms with Gasteiger partial charge in [0.1, 0.15) is 0 Å². The van der Waals surface area contributed by atoms with Crippen molar-refractivity contribution in [3.05, 3.63) is 0 Å². The molecule has 4 nitrogen and oxygen atoms in total. The van der Waals surface area contributed by atoms with E-state index in [2.05, 4.69) is 19.2 Å². The molecular weight excluding hydrogens is 506 g/mol. The highest BCUT2D eigenvalue weighted by Crippen LogP contribution is 2.16. The second-order valence-electron chi connectivity index (χ2n) is 13.0. The molecule has 3 N–H and O–H groups in total. The normalized spacial score (nSPS) is 13.0. The Labute approximate surface area is 257 Å². The van der Waals surface area contributed by atoms with Gasteiger partial charge in [-0.2, -0.15) is 0 Å². The van der Waals surface area contributed by atoms with Gasteiger partial charge in [0.2, 0.25) is 5.91 Å². The quantitative estimate of drug-likeness (QED) is 0.0662. The van der Waals surface area contributed by atoms with E-state index in [4.69, 9.17) is 0 Å². The van der Waals surface area contributed by atoms with Crippen LogP contribution >= 0.6 is 0 Å². The van der Waals surface area contributed by atoms with Crippen LogP contribution in [0.4, 0.5) is 0 Å². The third-order valence-electron chi connectivity index (χ3n) is 8.87. The van der Waals surface area contributed by atoms with E-state index in [0.29, 0.717) is 12.8 Å². The molecule has 0 saturated carbocycles. The maximum absolute atomic E-state index is 12.3. The van der Waals surface area contributed by atoms with E-state index in [1.807, 2.05) is 0 Å². The third kappa shape index (κ3) is 30.6. The fourth-order valence-electron chi connectivity index (χ4n) is 5.95. The van der Waals surface area contributed by atoms with Gasteiger partial charge in [-0.25, -0.2) is 0 Å². The topological polar surface area (TPSA) is 69.6 Å². The minimum Gasteiger partial charge on any atom is -0.394 e. The van der Waals surface area contributed by atoms with Crippen molar-refractivity contribution in [2.75, 3.05) is 6.61 Å². The smallest absolute Gasteiger partial charge is 0.220 e. The fourth-order valence-corrected chi connectivity index (χ4v) is 5.95. The first-order valence-corrected chi connectivity index (χ1v) is 18.7. The molecule has 0 aliphatic rings. The van der Waals surface area contributed by atoms with Crippen LogP contribution in [0.25, 0.3) is 0 Å². The average molecular weight is 582 g/mol. The number of rotatable bonds is 34. The van der Waals surface area contributed by atoms with Gasteiger partial charge in [-0.1, -0.05) is 194 Å². The van der Waals surface area contributed by atoms with Gasteiger partial charge in [0.15, 0.2) is 0 Å². The van der Waals surface area contributed by atoms with E-state index in [1.54, 1.807) is 0 Å². The van der Waals surface area contributed by atoms with Crippen LogP contribution in [0.1, 0.15) is 213 Å². The van der Waals surface area contributed by atoms with Crippen molar-refractivity contribution in [2.24, 2.45) is 0 Å². The zero-order valence-electron chi connectivity index (χ0n) is 28.1. The zero-order valence-corrected chi connectivity index (χ0v) is 28.1. The molecule has 41 heavy (non-hydrogen) atoms. The molecule has 0 saturated heterocycles. The van der Waals surface area contributed by atoms with Crippen molar-refractivity contribution in [1.29, 1.82) is 0 Å². The van der Waals surface area contributed by atoms with Gasteiger partial charge in [0.05, 0.1) is 18.8 Å². The molecule has 0 aromatic rings. The predicted molar refractivity (Wildman–Crippen MR) is 179 cm³/mol. The third-order valence-corrected chi connectivity index (χ3v) is 8.87. The Morgan fingerprint density at radius 2 is 0.780 bits per heavy atom. The maximum atomic E-state index is 12.3. The van der Waals surface area contributed by atoms with E-state index in [1.165, 1.54) is 161 Å². The van der Waals surface area contributed by atoms with Crippen LogP contribution in [0.2, 0.25) is 0 Å². The van der Waals surface area contributed by atoms with Crippen LogP contribution in [-0.2, 0) is 4.79 Å². The van der Waals surface area contributed by atoms with Gasteiger partial charge >= 0.3 is 0 Å². The summed E-state index contributed by atoms with van der Waals surface area (Å²) in [4.78, 5) is 12.3. The van der Waals surface area contributed by atoms with E-state index < -0.39 is 12.1 Å². The molecule has 0 aliphatic heterocycles. The van der Waals surface area contributed by atoms with Crippen molar-refractivity contribution in [3.63, 3.8) is 0 Å². The van der Waals surface area contributed by atoms with Gasteiger partial charge in [-0.15, -0.1) is 0 Å². The number of amides is 1. The predicted octanol–water partition coefficient (Wildman–Crippen LogP) is 11.0. The lowest BCUT2D eigenvalue weighted by Crippen LogP contribution is -2.45. The average Bonchev–Trinajstić information content (AvgIpc) is 2.97. The number of hydrogen-bond donors (Lipinski definition) is 3. The Kier molecular flexibility index (Phi) is 33.4. The van der Waals surface area contributed by atoms with Gasteiger partial charge in [0.25, 0.3) is 0 Å². The summed E-state index contributed by atoms with van der Waals surface area (Å²) >= 11 is 0. The lowest BCUT2D eigenvalue weighted by atomic mass is 10.0. The molecule has 2 unspecified atom stereocenters. The standard InChI is InChI=1S/C37H75NO3/c1-3-5-7-9-11-13-14-15-16-17-18-19-20-21-22-23-24-25-27-29-31-33-37(41)38-35(34-39)36(40)32-30-28-26-12-10-8-6-4-2/h35-36,39-40H,3-34H2,1-2H3,(H,38,41). The molecule has 0 bridgehead atoms. The van der Waals surface area contributed by atoms with Crippen molar-refractivity contribution in [3.8, 4) is 0 Å². The second kappa shape index (κ2) is 33.9. The molecule has 0 fully saturated rings. The first-order valence-electron chi connectivity index (χ1n) is 18.7. The van der Waals surface area contributed by atoms with Crippen LogP contribution in [0.5, 0.6) is 0 Å². The summed E-state index contributed by atoms with van der Waals surface area (Å²) in [6, 6.07) is -0.526. The maximum Gasteiger partial charge on any atom is 0.220 e. The number of unbranched alkanes of at least 4 members (excludes halogenated alkanes) is 27. The summed E-state index contributed by atoms with van der Waals surface area (Å²) in [6.07, 6.45) is 38.9. The summed E-state index contributed by atoms with van der Waals surface area (Å²) in [5.41, 5.74) is 0. The van der Waals surface area contributed by atoms with Gasteiger partial charge in [-0.05, 0) is 12.8 Å². The minimum atomic E-state index is -0.649. The van der Waals surface area contributed by atoms with Crippen LogP contribution in [0.15, 0.2) is 0 Å². The van der Waals surface area contributed by atoms with Gasteiger partial charge in [0, 0.05) is 6.42 Å². The first kappa shape index (κ1) is 40.4. The number of aliphatic hydroxyl groups is 2.